The molecule has 0 aliphatic carbocycles. The molecule has 1 rings (SSSR count). The lowest BCUT2D eigenvalue weighted by Gasteiger charge is -2.12. The number of unbranched alkanes of at least 4 members (excludes halogenated alkanes) is 2. The van der Waals surface area contributed by atoms with Crippen LogP contribution in [-0.2, 0) is 15.5 Å². The number of nitrogens with zero attached hydrogens (tertiary/aromatic N) is 1. The number of hydrogen-bond acceptors (Lipinski definition) is 3. The van der Waals surface area contributed by atoms with Gasteiger partial charge in [-0.25, -0.2) is 0 Å². The summed E-state index contributed by atoms with van der Waals surface area (Å²) in [4.78, 5) is 0. The van der Waals surface area contributed by atoms with Gasteiger partial charge in [-0.3, -0.25) is 4.21 Å². The van der Waals surface area contributed by atoms with Gasteiger partial charge < -0.3 is 4.74 Å². The van der Waals surface area contributed by atoms with Gasteiger partial charge in [0.25, 0.3) is 0 Å². The third-order valence-electron chi connectivity index (χ3n) is 2.53. The average Bonchev–Trinajstić information content (AvgIpc) is 2.59. The van der Waals surface area contributed by atoms with Crippen LogP contribution in [0.2, 0.25) is 0 Å². The Balaban J connectivity index is 2.18. The zero-order chi connectivity index (χ0) is 10.4. The summed E-state index contributed by atoms with van der Waals surface area (Å²) in [5.41, 5.74) is 0. The molecule has 3 unspecified atom stereocenters. The van der Waals surface area contributed by atoms with Crippen molar-refractivity contribution in [1.82, 2.24) is 0 Å². The molecule has 3 nitrogen and oxygen atoms in total. The van der Waals surface area contributed by atoms with Gasteiger partial charge in [-0.1, -0.05) is 0 Å². The van der Waals surface area contributed by atoms with Gasteiger partial charge in [-0.05, 0) is 26.2 Å². The van der Waals surface area contributed by atoms with E-state index < -0.39 is 10.8 Å². The van der Waals surface area contributed by atoms with E-state index in [4.69, 9.17) is 10.00 Å². The Bertz CT molecular complexity index is 237. The smallest absolute Gasteiger partial charge is 0.0691 e. The van der Waals surface area contributed by atoms with E-state index in [1.165, 1.54) is 0 Å². The van der Waals surface area contributed by atoms with Crippen molar-refractivity contribution in [2.45, 2.75) is 44.0 Å². The van der Waals surface area contributed by atoms with Crippen LogP contribution in [0.1, 0.15) is 32.6 Å². The maximum absolute atomic E-state index is 11.8. The predicted octanol–water partition coefficient (Wildman–Crippen LogP) is 1.61. The first-order chi connectivity index (χ1) is 6.75. The molecule has 3 atom stereocenters. The number of rotatable bonds is 5. The Hall–Kier alpha value is -0.400. The highest BCUT2D eigenvalue weighted by Crippen LogP contribution is 2.19. The second-order valence-corrected chi connectivity index (χ2v) is 5.38. The zero-order valence-corrected chi connectivity index (χ0v) is 9.39. The van der Waals surface area contributed by atoms with E-state index in [9.17, 15) is 4.21 Å². The van der Waals surface area contributed by atoms with Crippen molar-refractivity contribution in [1.29, 1.82) is 5.26 Å². The molecule has 1 fully saturated rings. The van der Waals surface area contributed by atoms with E-state index in [1.54, 1.807) is 0 Å². The van der Waals surface area contributed by atoms with Gasteiger partial charge in [-0.2, -0.15) is 5.26 Å². The van der Waals surface area contributed by atoms with Crippen LogP contribution < -0.4 is 0 Å². The summed E-state index contributed by atoms with van der Waals surface area (Å²) in [6.07, 6.45) is 3.40. The molecule has 0 radical (unpaired) electrons. The Morgan fingerprint density at radius 3 is 2.93 bits per heavy atom. The maximum atomic E-state index is 11.8. The minimum absolute atomic E-state index is 0.145. The molecule has 14 heavy (non-hydrogen) atoms. The largest absolute Gasteiger partial charge is 0.377 e. The topological polar surface area (TPSA) is 50.1 Å². The standard InChI is InChI=1S/C10H17NO2S/c1-9-10(5-7-13-9)14(12)8-4-2-3-6-11/h9-10H,2-5,7-8H2,1H3. The number of nitriles is 1. The van der Waals surface area contributed by atoms with Gasteiger partial charge >= 0.3 is 0 Å². The lowest BCUT2D eigenvalue weighted by molar-refractivity contribution is 0.127. The van der Waals surface area contributed by atoms with Gasteiger partial charge in [0.15, 0.2) is 0 Å². The second-order valence-electron chi connectivity index (χ2n) is 3.60. The molecule has 1 saturated heterocycles. The normalized spacial score (nSPS) is 28.6. The molecule has 0 amide bonds. The summed E-state index contributed by atoms with van der Waals surface area (Å²) < 4.78 is 17.1. The Kier molecular flexibility index (Phi) is 5.13. The van der Waals surface area contributed by atoms with Crippen LogP contribution in [-0.4, -0.2) is 27.9 Å². The van der Waals surface area contributed by atoms with Crippen molar-refractivity contribution in [2.24, 2.45) is 0 Å². The van der Waals surface area contributed by atoms with Crippen molar-refractivity contribution in [3.05, 3.63) is 0 Å². The molecule has 1 heterocycles. The molecule has 0 N–H and O–H groups in total. The maximum Gasteiger partial charge on any atom is 0.0691 e. The highest BCUT2D eigenvalue weighted by atomic mass is 32.2. The van der Waals surface area contributed by atoms with Gasteiger partial charge in [0.2, 0.25) is 0 Å². The summed E-state index contributed by atoms with van der Waals surface area (Å²) in [5.74, 6) is 0.722. The van der Waals surface area contributed by atoms with Crippen LogP contribution >= 0.6 is 0 Å². The summed E-state index contributed by atoms with van der Waals surface area (Å²) in [6.45, 7) is 2.74. The van der Waals surface area contributed by atoms with E-state index in [-0.39, 0.29) is 11.4 Å². The third kappa shape index (κ3) is 3.39. The Morgan fingerprint density at radius 2 is 2.36 bits per heavy atom. The predicted molar refractivity (Wildman–Crippen MR) is 56.3 cm³/mol. The average molecular weight is 215 g/mol. The van der Waals surface area contributed by atoms with Crippen LogP contribution in [0.4, 0.5) is 0 Å². The van der Waals surface area contributed by atoms with E-state index in [0.717, 1.165) is 31.6 Å². The first-order valence-electron chi connectivity index (χ1n) is 5.11. The molecular formula is C10H17NO2S. The zero-order valence-electron chi connectivity index (χ0n) is 8.57. The monoisotopic (exact) mass is 215 g/mol. The molecule has 1 aliphatic heterocycles. The SMILES string of the molecule is CC1OCCC1S(=O)CCCCC#N. The van der Waals surface area contributed by atoms with Crippen LogP contribution in [0.15, 0.2) is 0 Å². The minimum Gasteiger partial charge on any atom is -0.377 e. The molecule has 0 aromatic rings. The van der Waals surface area contributed by atoms with E-state index >= 15 is 0 Å². The Labute approximate surface area is 87.9 Å². The van der Waals surface area contributed by atoms with Crippen LogP contribution in [0.25, 0.3) is 0 Å². The molecule has 0 spiro atoms. The van der Waals surface area contributed by atoms with Gasteiger partial charge in [0.1, 0.15) is 0 Å². The molecular weight excluding hydrogens is 198 g/mol. The fraction of sp³-hybridized carbons (Fsp3) is 0.900. The van der Waals surface area contributed by atoms with Gasteiger partial charge in [0.05, 0.1) is 17.4 Å². The molecule has 0 saturated carbocycles. The molecule has 1 aliphatic rings. The first kappa shape index (κ1) is 11.7. The van der Waals surface area contributed by atoms with Crippen molar-refractivity contribution in [2.75, 3.05) is 12.4 Å². The van der Waals surface area contributed by atoms with Crippen LogP contribution in [0, 0.1) is 11.3 Å². The number of ether oxygens (including phenoxy) is 1. The number of hydrogen-bond donors (Lipinski definition) is 0. The summed E-state index contributed by atoms with van der Waals surface area (Å²) >= 11 is 0. The van der Waals surface area contributed by atoms with Crippen molar-refractivity contribution in [3.8, 4) is 6.07 Å². The van der Waals surface area contributed by atoms with Crippen LogP contribution in [0.3, 0.4) is 0 Å². The fourth-order valence-corrected chi connectivity index (χ4v) is 3.31. The van der Waals surface area contributed by atoms with Gasteiger partial charge in [0, 0.05) is 29.6 Å². The lowest BCUT2D eigenvalue weighted by Crippen LogP contribution is -2.24. The highest BCUT2D eigenvalue weighted by molar-refractivity contribution is 7.85. The molecule has 0 aromatic heterocycles. The summed E-state index contributed by atoms with van der Waals surface area (Å²) in [5, 5.41) is 8.56. The van der Waals surface area contributed by atoms with Crippen LogP contribution in [0.5, 0.6) is 0 Å². The summed E-state index contributed by atoms with van der Waals surface area (Å²) in [6, 6.07) is 2.10. The van der Waals surface area contributed by atoms with Gasteiger partial charge in [-0.15, -0.1) is 0 Å². The Morgan fingerprint density at radius 1 is 1.57 bits per heavy atom. The third-order valence-corrected chi connectivity index (χ3v) is 4.51. The van der Waals surface area contributed by atoms with Crippen molar-refractivity contribution in [3.63, 3.8) is 0 Å². The van der Waals surface area contributed by atoms with Crippen molar-refractivity contribution >= 4 is 10.8 Å². The molecule has 0 aromatic carbocycles. The molecule has 80 valence electrons. The van der Waals surface area contributed by atoms with Crippen molar-refractivity contribution < 1.29 is 8.95 Å². The van der Waals surface area contributed by atoms with E-state index in [2.05, 4.69) is 6.07 Å². The summed E-state index contributed by atoms with van der Waals surface area (Å²) in [7, 11) is -0.763. The lowest BCUT2D eigenvalue weighted by atomic mass is 10.2. The first-order valence-corrected chi connectivity index (χ1v) is 6.49. The minimum atomic E-state index is -0.763. The second kappa shape index (κ2) is 6.15. The quantitative estimate of drug-likeness (QED) is 0.655. The fourth-order valence-electron chi connectivity index (χ4n) is 1.66. The highest BCUT2D eigenvalue weighted by Gasteiger charge is 2.28. The van der Waals surface area contributed by atoms with E-state index in [1.807, 2.05) is 6.92 Å². The van der Waals surface area contributed by atoms with E-state index in [0.29, 0.717) is 6.42 Å². The molecule has 4 heteroatoms. The molecule has 0 bridgehead atoms.